The maximum absolute atomic E-state index is 12.9. The van der Waals surface area contributed by atoms with Crippen LogP contribution in [0.15, 0.2) is 25.3 Å². The van der Waals surface area contributed by atoms with Gasteiger partial charge in [0.1, 0.15) is 0 Å². The van der Waals surface area contributed by atoms with E-state index in [9.17, 15) is 9.59 Å². The van der Waals surface area contributed by atoms with Crippen LogP contribution in [0.1, 0.15) is 38.5 Å². The first-order valence-corrected chi connectivity index (χ1v) is 10.2. The highest BCUT2D eigenvalue weighted by Gasteiger charge is 2.37. The maximum atomic E-state index is 12.9. The summed E-state index contributed by atoms with van der Waals surface area (Å²) in [6.45, 7) is 12.4. The molecule has 2 saturated heterocycles. The molecule has 0 spiro atoms. The number of hydrogen-bond acceptors (Lipinski definition) is 3. The van der Waals surface area contributed by atoms with Crippen molar-refractivity contribution >= 4 is 11.8 Å². The van der Waals surface area contributed by atoms with Crippen LogP contribution in [0.5, 0.6) is 0 Å². The van der Waals surface area contributed by atoms with E-state index >= 15 is 0 Å². The third-order valence-corrected chi connectivity index (χ3v) is 6.03. The maximum Gasteiger partial charge on any atom is 0.227 e. The van der Waals surface area contributed by atoms with E-state index in [4.69, 9.17) is 0 Å². The Morgan fingerprint density at radius 3 is 2.15 bits per heavy atom. The van der Waals surface area contributed by atoms with E-state index in [-0.39, 0.29) is 11.8 Å². The molecule has 3 fully saturated rings. The topological polar surface area (TPSA) is 43.9 Å². The van der Waals surface area contributed by atoms with Gasteiger partial charge in [-0.3, -0.25) is 14.5 Å². The molecular weight excluding hydrogens is 326 g/mol. The molecule has 2 heterocycles. The van der Waals surface area contributed by atoms with Gasteiger partial charge in [0.2, 0.25) is 11.8 Å². The van der Waals surface area contributed by atoms with Gasteiger partial charge in [0, 0.05) is 44.7 Å². The second-order valence-corrected chi connectivity index (χ2v) is 7.99. The molecule has 3 aliphatic rings. The standard InChI is InChI=1S/C21H33N3O2/c1-3-11-22(12-4-2)21(26)18-6-5-13-24(16-18)19-9-14-23(15-10-19)20(25)17-7-8-17/h3-4,17-19H,1-2,5-16H2/t18-/m0/s1. The Balaban J connectivity index is 1.51. The molecule has 0 N–H and O–H groups in total. The molecule has 5 heteroatoms. The molecule has 2 aliphatic heterocycles. The third kappa shape index (κ3) is 4.56. The molecule has 26 heavy (non-hydrogen) atoms. The fourth-order valence-electron chi connectivity index (χ4n) is 4.40. The Hall–Kier alpha value is -1.62. The number of hydrogen-bond donors (Lipinski definition) is 0. The Morgan fingerprint density at radius 1 is 0.923 bits per heavy atom. The minimum absolute atomic E-state index is 0.0785. The molecule has 1 saturated carbocycles. The van der Waals surface area contributed by atoms with Crippen molar-refractivity contribution in [1.82, 2.24) is 14.7 Å². The number of likely N-dealkylation sites (tertiary alicyclic amines) is 2. The monoisotopic (exact) mass is 359 g/mol. The van der Waals surface area contributed by atoms with Crippen molar-refractivity contribution in [2.45, 2.75) is 44.6 Å². The zero-order valence-electron chi connectivity index (χ0n) is 15.9. The number of carbonyl (C=O) groups is 2. The summed E-state index contributed by atoms with van der Waals surface area (Å²) in [7, 11) is 0. The summed E-state index contributed by atoms with van der Waals surface area (Å²) < 4.78 is 0. The summed E-state index contributed by atoms with van der Waals surface area (Å²) >= 11 is 0. The van der Waals surface area contributed by atoms with Crippen LogP contribution in [0.4, 0.5) is 0 Å². The normalized spacial score (nSPS) is 24.9. The first-order valence-electron chi connectivity index (χ1n) is 10.2. The average Bonchev–Trinajstić information content (AvgIpc) is 3.52. The van der Waals surface area contributed by atoms with Crippen molar-refractivity contribution in [1.29, 1.82) is 0 Å². The molecule has 0 aromatic carbocycles. The van der Waals surface area contributed by atoms with Crippen LogP contribution in [-0.4, -0.2) is 71.8 Å². The first-order chi connectivity index (χ1) is 12.6. The van der Waals surface area contributed by atoms with E-state index in [1.165, 1.54) is 0 Å². The van der Waals surface area contributed by atoms with Crippen molar-refractivity contribution in [3.05, 3.63) is 25.3 Å². The van der Waals surface area contributed by atoms with Gasteiger partial charge >= 0.3 is 0 Å². The van der Waals surface area contributed by atoms with E-state index in [1.54, 1.807) is 12.2 Å². The van der Waals surface area contributed by atoms with Crippen LogP contribution in [0, 0.1) is 11.8 Å². The molecular formula is C21H33N3O2. The van der Waals surface area contributed by atoms with E-state index in [1.807, 2.05) is 4.90 Å². The lowest BCUT2D eigenvalue weighted by Crippen LogP contribution is -2.52. The molecule has 1 aliphatic carbocycles. The molecule has 0 aromatic heterocycles. The predicted octanol–water partition coefficient (Wildman–Crippen LogP) is 2.30. The van der Waals surface area contributed by atoms with E-state index in [0.717, 1.165) is 64.7 Å². The van der Waals surface area contributed by atoms with Gasteiger partial charge in [-0.25, -0.2) is 0 Å². The van der Waals surface area contributed by atoms with Gasteiger partial charge in [0.05, 0.1) is 5.92 Å². The fraction of sp³-hybridized carbons (Fsp3) is 0.714. The number of piperidine rings is 2. The first kappa shape index (κ1) is 19.2. The van der Waals surface area contributed by atoms with Crippen LogP contribution in [0.2, 0.25) is 0 Å². The summed E-state index contributed by atoms with van der Waals surface area (Å²) in [4.78, 5) is 31.5. The van der Waals surface area contributed by atoms with E-state index in [2.05, 4.69) is 23.0 Å². The predicted molar refractivity (Wildman–Crippen MR) is 104 cm³/mol. The number of rotatable bonds is 7. The minimum atomic E-state index is 0.0785. The van der Waals surface area contributed by atoms with Gasteiger partial charge in [-0.1, -0.05) is 12.2 Å². The van der Waals surface area contributed by atoms with Crippen LogP contribution in [0.25, 0.3) is 0 Å². The molecule has 0 unspecified atom stereocenters. The Kier molecular flexibility index (Phi) is 6.52. The van der Waals surface area contributed by atoms with Crippen molar-refractivity contribution < 1.29 is 9.59 Å². The van der Waals surface area contributed by atoms with Gasteiger partial charge in [-0.2, -0.15) is 0 Å². The molecule has 0 bridgehead atoms. The van der Waals surface area contributed by atoms with Gasteiger partial charge in [0.25, 0.3) is 0 Å². The van der Waals surface area contributed by atoms with Crippen LogP contribution in [-0.2, 0) is 9.59 Å². The van der Waals surface area contributed by atoms with E-state index in [0.29, 0.717) is 31.0 Å². The molecule has 144 valence electrons. The lowest BCUT2D eigenvalue weighted by atomic mass is 9.92. The summed E-state index contributed by atoms with van der Waals surface area (Å²) in [6, 6.07) is 0.515. The minimum Gasteiger partial charge on any atom is -0.342 e. The Morgan fingerprint density at radius 2 is 1.58 bits per heavy atom. The quantitative estimate of drug-likeness (QED) is 0.655. The van der Waals surface area contributed by atoms with Crippen molar-refractivity contribution in [2.24, 2.45) is 11.8 Å². The summed E-state index contributed by atoms with van der Waals surface area (Å²) in [6.07, 6.45) is 9.88. The molecule has 5 nitrogen and oxygen atoms in total. The second kappa shape index (κ2) is 8.85. The number of carbonyl (C=O) groups excluding carboxylic acids is 2. The lowest BCUT2D eigenvalue weighted by molar-refractivity contribution is -0.137. The highest BCUT2D eigenvalue weighted by atomic mass is 16.2. The van der Waals surface area contributed by atoms with Crippen molar-refractivity contribution in [3.63, 3.8) is 0 Å². The lowest BCUT2D eigenvalue weighted by Gasteiger charge is -2.42. The Labute approximate surface area is 157 Å². The second-order valence-electron chi connectivity index (χ2n) is 7.99. The Bertz CT molecular complexity index is 525. The van der Waals surface area contributed by atoms with Gasteiger partial charge in [0.15, 0.2) is 0 Å². The molecule has 2 amide bonds. The van der Waals surface area contributed by atoms with Gasteiger partial charge in [-0.15, -0.1) is 13.2 Å². The summed E-state index contributed by atoms with van der Waals surface area (Å²) in [5.74, 6) is 1.01. The highest BCUT2D eigenvalue weighted by molar-refractivity contribution is 5.81. The third-order valence-electron chi connectivity index (χ3n) is 6.03. The van der Waals surface area contributed by atoms with E-state index < -0.39 is 0 Å². The van der Waals surface area contributed by atoms with Crippen molar-refractivity contribution in [2.75, 3.05) is 39.3 Å². The summed E-state index contributed by atoms with van der Waals surface area (Å²) in [5, 5.41) is 0. The molecule has 3 rings (SSSR count). The van der Waals surface area contributed by atoms with Gasteiger partial charge < -0.3 is 9.80 Å². The van der Waals surface area contributed by atoms with Crippen molar-refractivity contribution in [3.8, 4) is 0 Å². The van der Waals surface area contributed by atoms with Crippen LogP contribution >= 0.6 is 0 Å². The fourth-order valence-corrected chi connectivity index (χ4v) is 4.40. The number of amides is 2. The molecule has 0 radical (unpaired) electrons. The zero-order valence-corrected chi connectivity index (χ0v) is 15.9. The van der Waals surface area contributed by atoms with Crippen LogP contribution < -0.4 is 0 Å². The van der Waals surface area contributed by atoms with Crippen LogP contribution in [0.3, 0.4) is 0 Å². The number of nitrogens with zero attached hydrogens (tertiary/aromatic N) is 3. The molecule has 0 aromatic rings. The smallest absolute Gasteiger partial charge is 0.227 e. The average molecular weight is 360 g/mol. The largest absolute Gasteiger partial charge is 0.342 e. The summed E-state index contributed by atoms with van der Waals surface area (Å²) in [5.41, 5.74) is 0. The zero-order chi connectivity index (χ0) is 18.5. The highest BCUT2D eigenvalue weighted by Crippen LogP contribution is 2.32. The van der Waals surface area contributed by atoms with Gasteiger partial charge in [-0.05, 0) is 45.1 Å². The SMILES string of the molecule is C=CCN(CC=C)C(=O)[C@H]1CCCN(C2CCN(C(=O)C3CC3)CC2)C1. The molecule has 1 atom stereocenters.